The SMILES string of the molecule is CCNC1C[C@@H](C)n2c(C=O)c(O)c(=O)c(C(=O)NCc3ccc(F)cc3F)c21. The smallest absolute Gasteiger partial charge is 0.257 e. The van der Waals surface area contributed by atoms with Crippen molar-refractivity contribution in [3.8, 4) is 5.75 Å². The van der Waals surface area contributed by atoms with Gasteiger partial charge in [-0.1, -0.05) is 13.0 Å². The normalized spacial score (nSPS) is 17.8. The van der Waals surface area contributed by atoms with Crippen LogP contribution in [-0.2, 0) is 6.54 Å². The summed E-state index contributed by atoms with van der Waals surface area (Å²) in [5.74, 6) is -3.19. The molecule has 2 aromatic rings. The summed E-state index contributed by atoms with van der Waals surface area (Å²) in [5, 5.41) is 15.8. The van der Waals surface area contributed by atoms with Gasteiger partial charge in [0.2, 0.25) is 5.43 Å². The van der Waals surface area contributed by atoms with Gasteiger partial charge in [0.1, 0.15) is 22.9 Å². The quantitative estimate of drug-likeness (QED) is 0.640. The van der Waals surface area contributed by atoms with Gasteiger partial charge in [0, 0.05) is 24.2 Å². The molecule has 0 radical (unpaired) electrons. The van der Waals surface area contributed by atoms with Crippen molar-refractivity contribution >= 4 is 12.2 Å². The van der Waals surface area contributed by atoms with E-state index in [0.29, 0.717) is 31.0 Å². The van der Waals surface area contributed by atoms with E-state index in [9.17, 15) is 28.3 Å². The lowest BCUT2D eigenvalue weighted by Gasteiger charge is -2.19. The fourth-order valence-electron chi connectivity index (χ4n) is 3.78. The molecule has 0 saturated carbocycles. The van der Waals surface area contributed by atoms with Crippen molar-refractivity contribution in [1.82, 2.24) is 15.2 Å². The number of nitrogens with zero attached hydrogens (tertiary/aromatic N) is 1. The number of nitrogens with one attached hydrogen (secondary N) is 2. The molecule has 0 spiro atoms. The van der Waals surface area contributed by atoms with Crippen molar-refractivity contribution < 1.29 is 23.5 Å². The van der Waals surface area contributed by atoms with Crippen LogP contribution in [0.3, 0.4) is 0 Å². The number of halogens is 2. The highest BCUT2D eigenvalue weighted by Gasteiger charge is 2.37. The third-order valence-electron chi connectivity index (χ3n) is 5.05. The zero-order valence-electron chi connectivity index (χ0n) is 16.0. The molecule has 1 amide bonds. The molecule has 0 saturated heterocycles. The number of aldehydes is 1. The first kappa shape index (κ1) is 20.7. The number of amides is 1. The van der Waals surface area contributed by atoms with Crippen LogP contribution in [0.25, 0.3) is 0 Å². The van der Waals surface area contributed by atoms with E-state index in [-0.39, 0.29) is 35.4 Å². The zero-order valence-corrected chi connectivity index (χ0v) is 16.0. The van der Waals surface area contributed by atoms with Crippen LogP contribution in [0.15, 0.2) is 23.0 Å². The van der Waals surface area contributed by atoms with Gasteiger partial charge in [0.15, 0.2) is 12.0 Å². The molecule has 1 unspecified atom stereocenters. The molecular formula is C20H21F2N3O4. The standard InChI is InChI=1S/C20H21F2N3O4/c1-3-23-14-6-10(2)25-15(9-26)18(27)19(28)16(17(14)25)20(29)24-8-11-4-5-12(21)7-13(11)22/h4-5,7,9-10,14,23,27H,3,6,8H2,1-2H3,(H,24,29)/t10-,14?/m1/s1. The number of hydrogen-bond donors (Lipinski definition) is 3. The molecule has 9 heteroatoms. The van der Waals surface area contributed by atoms with Crippen molar-refractivity contribution in [2.24, 2.45) is 0 Å². The van der Waals surface area contributed by atoms with E-state index in [2.05, 4.69) is 10.6 Å². The molecule has 1 aliphatic heterocycles. The van der Waals surface area contributed by atoms with Crippen molar-refractivity contribution in [3.05, 3.63) is 62.6 Å². The van der Waals surface area contributed by atoms with Crippen LogP contribution < -0.4 is 16.1 Å². The topological polar surface area (TPSA) is 100 Å². The fourth-order valence-corrected chi connectivity index (χ4v) is 3.78. The van der Waals surface area contributed by atoms with Crippen molar-refractivity contribution in [3.63, 3.8) is 0 Å². The largest absolute Gasteiger partial charge is 0.503 e. The Kier molecular flexibility index (Phi) is 5.78. The predicted octanol–water partition coefficient (Wildman–Crippen LogP) is 2.19. The van der Waals surface area contributed by atoms with Crippen LogP contribution in [0.4, 0.5) is 8.78 Å². The summed E-state index contributed by atoms with van der Waals surface area (Å²) < 4.78 is 28.4. The summed E-state index contributed by atoms with van der Waals surface area (Å²) in [7, 11) is 0. The van der Waals surface area contributed by atoms with E-state index in [1.807, 2.05) is 13.8 Å². The van der Waals surface area contributed by atoms with E-state index >= 15 is 0 Å². The summed E-state index contributed by atoms with van der Waals surface area (Å²) in [6.07, 6.45) is 0.908. The van der Waals surface area contributed by atoms with Crippen molar-refractivity contribution in [2.45, 2.75) is 38.9 Å². The number of fused-ring (bicyclic) bond motifs is 1. The third-order valence-corrected chi connectivity index (χ3v) is 5.05. The Labute approximate surface area is 165 Å². The molecule has 1 aromatic heterocycles. The fraction of sp³-hybridized carbons (Fsp3) is 0.350. The Morgan fingerprint density at radius 3 is 2.72 bits per heavy atom. The van der Waals surface area contributed by atoms with Crippen LogP contribution in [-0.4, -0.2) is 28.4 Å². The monoisotopic (exact) mass is 405 g/mol. The van der Waals surface area contributed by atoms with Crippen LogP contribution in [0, 0.1) is 11.6 Å². The number of aromatic hydroxyl groups is 1. The lowest BCUT2D eigenvalue weighted by Crippen LogP contribution is -2.34. The van der Waals surface area contributed by atoms with Crippen molar-refractivity contribution in [1.29, 1.82) is 0 Å². The second-order valence-electron chi connectivity index (χ2n) is 6.92. The lowest BCUT2D eigenvalue weighted by molar-refractivity contribution is 0.0945. The average Bonchev–Trinajstić information content (AvgIpc) is 2.98. The van der Waals surface area contributed by atoms with Crippen LogP contribution in [0.5, 0.6) is 5.75 Å². The molecule has 7 nitrogen and oxygen atoms in total. The minimum absolute atomic E-state index is 0.0434. The van der Waals surface area contributed by atoms with Crippen molar-refractivity contribution in [2.75, 3.05) is 6.54 Å². The van der Waals surface area contributed by atoms with Gasteiger partial charge in [-0.15, -0.1) is 0 Å². The van der Waals surface area contributed by atoms with Crippen LogP contribution in [0.2, 0.25) is 0 Å². The molecule has 0 bridgehead atoms. The molecular weight excluding hydrogens is 384 g/mol. The summed E-state index contributed by atoms with van der Waals surface area (Å²) in [5.41, 5.74) is -1.10. The van der Waals surface area contributed by atoms with E-state index in [1.54, 1.807) is 0 Å². The average molecular weight is 405 g/mol. The zero-order chi connectivity index (χ0) is 21.3. The first-order valence-electron chi connectivity index (χ1n) is 9.22. The van der Waals surface area contributed by atoms with E-state index in [1.165, 1.54) is 10.6 Å². The number of carbonyl (C=O) groups excluding carboxylic acids is 2. The lowest BCUT2D eigenvalue weighted by atomic mass is 10.0. The molecule has 2 atom stereocenters. The van der Waals surface area contributed by atoms with Crippen LogP contribution >= 0.6 is 0 Å². The minimum Gasteiger partial charge on any atom is -0.503 e. The second kappa shape index (κ2) is 8.12. The molecule has 1 aromatic carbocycles. The molecule has 1 aliphatic rings. The number of aromatic nitrogens is 1. The van der Waals surface area contributed by atoms with Gasteiger partial charge in [0.25, 0.3) is 5.91 Å². The van der Waals surface area contributed by atoms with Gasteiger partial charge in [-0.2, -0.15) is 0 Å². The summed E-state index contributed by atoms with van der Waals surface area (Å²) in [4.78, 5) is 37.0. The molecule has 3 rings (SSSR count). The Bertz CT molecular complexity index is 1040. The second-order valence-corrected chi connectivity index (χ2v) is 6.92. The molecule has 29 heavy (non-hydrogen) atoms. The number of benzene rings is 1. The molecule has 0 aliphatic carbocycles. The number of carbonyl (C=O) groups is 2. The minimum atomic E-state index is -0.965. The maximum atomic E-state index is 13.8. The Balaban J connectivity index is 2.04. The van der Waals surface area contributed by atoms with E-state index < -0.39 is 28.7 Å². The summed E-state index contributed by atoms with van der Waals surface area (Å²) in [6.45, 7) is 3.96. The summed E-state index contributed by atoms with van der Waals surface area (Å²) in [6, 6.07) is 2.35. The summed E-state index contributed by atoms with van der Waals surface area (Å²) >= 11 is 0. The predicted molar refractivity (Wildman–Crippen MR) is 101 cm³/mol. The van der Waals surface area contributed by atoms with Gasteiger partial charge in [-0.05, 0) is 26.0 Å². The highest BCUT2D eigenvalue weighted by Crippen LogP contribution is 2.38. The first-order chi connectivity index (χ1) is 13.8. The van der Waals surface area contributed by atoms with E-state index in [0.717, 1.165) is 6.07 Å². The Morgan fingerprint density at radius 2 is 2.10 bits per heavy atom. The molecule has 0 fully saturated rings. The molecule has 2 heterocycles. The van der Waals surface area contributed by atoms with Gasteiger partial charge in [-0.25, -0.2) is 8.78 Å². The Hall–Kier alpha value is -3.07. The van der Waals surface area contributed by atoms with Gasteiger partial charge >= 0.3 is 0 Å². The maximum absolute atomic E-state index is 13.8. The highest BCUT2D eigenvalue weighted by atomic mass is 19.1. The molecule has 3 N–H and O–H groups in total. The number of pyridine rings is 1. The van der Waals surface area contributed by atoms with Crippen LogP contribution in [0.1, 0.15) is 64.5 Å². The first-order valence-corrected chi connectivity index (χ1v) is 9.22. The number of hydrogen-bond acceptors (Lipinski definition) is 5. The highest BCUT2D eigenvalue weighted by molar-refractivity contribution is 5.97. The van der Waals surface area contributed by atoms with Gasteiger partial charge < -0.3 is 20.3 Å². The van der Waals surface area contributed by atoms with Gasteiger partial charge in [0.05, 0.1) is 11.7 Å². The van der Waals surface area contributed by atoms with Gasteiger partial charge in [-0.3, -0.25) is 14.4 Å². The third kappa shape index (κ3) is 3.65. The van der Waals surface area contributed by atoms with E-state index in [4.69, 9.17) is 0 Å². The maximum Gasteiger partial charge on any atom is 0.257 e. The molecule has 154 valence electrons. The number of rotatable bonds is 6. The Morgan fingerprint density at radius 1 is 1.38 bits per heavy atom.